The second kappa shape index (κ2) is 5.45. The molecule has 5 nitrogen and oxygen atoms in total. The molecule has 0 saturated carbocycles. The molecule has 118 valence electrons. The minimum atomic E-state index is 0.551. The molecular formula is C19H17N5. The van der Waals surface area contributed by atoms with Gasteiger partial charge in [0.2, 0.25) is 0 Å². The normalized spacial score (nSPS) is 11.1. The van der Waals surface area contributed by atoms with Crippen LogP contribution in [0.4, 0.5) is 5.82 Å². The average Bonchev–Trinajstić information content (AvgIpc) is 2.93. The van der Waals surface area contributed by atoms with Crippen LogP contribution in [0.1, 0.15) is 11.3 Å². The molecule has 2 N–H and O–H groups in total. The maximum absolute atomic E-state index is 6.06. The molecular weight excluding hydrogens is 298 g/mol. The molecule has 0 atom stereocenters. The fourth-order valence-electron chi connectivity index (χ4n) is 2.86. The number of rotatable bonds is 2. The zero-order chi connectivity index (χ0) is 16.7. The predicted octanol–water partition coefficient (Wildman–Crippen LogP) is 3.68. The summed E-state index contributed by atoms with van der Waals surface area (Å²) in [5, 5.41) is 15.3. The largest absolute Gasteiger partial charge is 0.384 e. The van der Waals surface area contributed by atoms with Crippen LogP contribution in [-0.4, -0.2) is 20.0 Å². The number of benzene rings is 2. The van der Waals surface area contributed by atoms with Gasteiger partial charge < -0.3 is 5.73 Å². The Kier molecular flexibility index (Phi) is 3.27. The van der Waals surface area contributed by atoms with E-state index in [9.17, 15) is 0 Å². The Morgan fingerprint density at radius 3 is 2.25 bits per heavy atom. The summed E-state index contributed by atoms with van der Waals surface area (Å²) in [6.07, 6.45) is 0. The van der Waals surface area contributed by atoms with Crippen molar-refractivity contribution in [1.82, 2.24) is 20.0 Å². The fourth-order valence-corrected chi connectivity index (χ4v) is 2.86. The molecule has 5 heteroatoms. The Morgan fingerprint density at radius 1 is 0.875 bits per heavy atom. The predicted molar refractivity (Wildman–Crippen MR) is 96.0 cm³/mol. The molecule has 2 aromatic heterocycles. The first-order chi connectivity index (χ1) is 11.6. The Bertz CT molecular complexity index is 1030. The number of nitrogen functional groups attached to an aromatic ring is 1. The lowest BCUT2D eigenvalue weighted by Crippen LogP contribution is -2.07. The van der Waals surface area contributed by atoms with Gasteiger partial charge in [0.1, 0.15) is 11.5 Å². The lowest BCUT2D eigenvalue weighted by molar-refractivity contribution is 0.823. The third-order valence-corrected chi connectivity index (χ3v) is 4.05. The van der Waals surface area contributed by atoms with Crippen LogP contribution in [0.3, 0.4) is 0 Å². The summed E-state index contributed by atoms with van der Waals surface area (Å²) < 4.78 is 1.64. The Balaban J connectivity index is 1.99. The highest BCUT2D eigenvalue weighted by Crippen LogP contribution is 2.29. The second-order valence-corrected chi connectivity index (χ2v) is 5.91. The summed E-state index contributed by atoms with van der Waals surface area (Å²) in [6.45, 7) is 3.97. The summed E-state index contributed by atoms with van der Waals surface area (Å²) in [6, 6.07) is 18.2. The highest BCUT2D eigenvalue weighted by atomic mass is 15.4. The standard InChI is InChI=1S/C19H17N5/c1-12-7-9-14(10-8-12)18-15-5-3-4-6-16(15)19(22-21-18)24-17(20)11-13(2)23-24/h3-11H,20H2,1-2H3. The van der Waals surface area contributed by atoms with Crippen LogP contribution in [0.15, 0.2) is 54.6 Å². The minimum absolute atomic E-state index is 0.551. The molecule has 4 rings (SSSR count). The van der Waals surface area contributed by atoms with E-state index in [4.69, 9.17) is 5.73 Å². The van der Waals surface area contributed by atoms with Crippen LogP contribution in [0.25, 0.3) is 27.8 Å². The van der Waals surface area contributed by atoms with Gasteiger partial charge >= 0.3 is 0 Å². The molecule has 0 amide bonds. The first-order valence-electron chi connectivity index (χ1n) is 7.78. The molecule has 0 fully saturated rings. The molecule has 0 saturated heterocycles. The fraction of sp³-hybridized carbons (Fsp3) is 0.105. The van der Waals surface area contributed by atoms with E-state index in [0.29, 0.717) is 11.6 Å². The van der Waals surface area contributed by atoms with Crippen molar-refractivity contribution >= 4 is 16.6 Å². The molecule has 0 aliphatic carbocycles. The average molecular weight is 315 g/mol. The number of nitrogens with two attached hydrogens (primary N) is 1. The lowest BCUT2D eigenvalue weighted by atomic mass is 10.0. The van der Waals surface area contributed by atoms with Crippen LogP contribution in [0, 0.1) is 13.8 Å². The van der Waals surface area contributed by atoms with Crippen molar-refractivity contribution in [2.45, 2.75) is 13.8 Å². The molecule has 0 unspecified atom stereocenters. The Morgan fingerprint density at radius 2 is 1.58 bits per heavy atom. The number of aromatic nitrogens is 4. The third-order valence-electron chi connectivity index (χ3n) is 4.05. The van der Waals surface area contributed by atoms with Crippen molar-refractivity contribution in [2.24, 2.45) is 0 Å². The molecule has 0 radical (unpaired) electrons. The number of fused-ring (bicyclic) bond motifs is 1. The van der Waals surface area contributed by atoms with Crippen LogP contribution in [-0.2, 0) is 0 Å². The van der Waals surface area contributed by atoms with Crippen LogP contribution in [0.2, 0.25) is 0 Å². The Hall–Kier alpha value is -3.21. The van der Waals surface area contributed by atoms with E-state index in [1.54, 1.807) is 4.68 Å². The summed E-state index contributed by atoms with van der Waals surface area (Å²) in [7, 11) is 0. The minimum Gasteiger partial charge on any atom is -0.384 e. The van der Waals surface area contributed by atoms with Crippen LogP contribution < -0.4 is 5.73 Å². The van der Waals surface area contributed by atoms with Crippen molar-refractivity contribution in [1.29, 1.82) is 0 Å². The summed E-state index contributed by atoms with van der Waals surface area (Å²) in [5.41, 5.74) is 10.0. The summed E-state index contributed by atoms with van der Waals surface area (Å²) in [4.78, 5) is 0. The van der Waals surface area contributed by atoms with E-state index >= 15 is 0 Å². The van der Waals surface area contributed by atoms with E-state index in [1.165, 1.54) is 5.56 Å². The second-order valence-electron chi connectivity index (χ2n) is 5.91. The van der Waals surface area contributed by atoms with Crippen molar-refractivity contribution in [3.05, 3.63) is 65.9 Å². The number of hydrogen-bond acceptors (Lipinski definition) is 4. The smallest absolute Gasteiger partial charge is 0.185 e. The zero-order valence-electron chi connectivity index (χ0n) is 13.6. The number of nitrogens with zero attached hydrogens (tertiary/aromatic N) is 4. The van der Waals surface area contributed by atoms with E-state index in [0.717, 1.165) is 27.7 Å². The van der Waals surface area contributed by atoms with Gasteiger partial charge in [0, 0.05) is 22.4 Å². The molecule has 2 heterocycles. The monoisotopic (exact) mass is 315 g/mol. The molecule has 4 aromatic rings. The molecule has 0 spiro atoms. The van der Waals surface area contributed by atoms with Gasteiger partial charge in [-0.3, -0.25) is 0 Å². The van der Waals surface area contributed by atoms with Crippen molar-refractivity contribution in [3.8, 4) is 17.1 Å². The van der Waals surface area contributed by atoms with E-state index in [1.807, 2.05) is 31.2 Å². The molecule has 2 aromatic carbocycles. The number of hydrogen-bond donors (Lipinski definition) is 1. The van der Waals surface area contributed by atoms with Crippen LogP contribution in [0.5, 0.6) is 0 Å². The van der Waals surface area contributed by atoms with Gasteiger partial charge in [0.05, 0.1) is 5.69 Å². The van der Waals surface area contributed by atoms with Gasteiger partial charge in [0.25, 0.3) is 0 Å². The number of aryl methyl sites for hydroxylation is 2. The maximum atomic E-state index is 6.06. The SMILES string of the molecule is Cc1ccc(-c2nnc(-n3nc(C)cc3N)c3ccccc23)cc1. The molecule has 0 bridgehead atoms. The van der Waals surface area contributed by atoms with Crippen LogP contribution >= 0.6 is 0 Å². The topological polar surface area (TPSA) is 69.6 Å². The molecule has 0 aliphatic rings. The molecule has 24 heavy (non-hydrogen) atoms. The van der Waals surface area contributed by atoms with Gasteiger partial charge in [-0.2, -0.15) is 9.78 Å². The molecule has 0 aliphatic heterocycles. The van der Waals surface area contributed by atoms with E-state index < -0.39 is 0 Å². The van der Waals surface area contributed by atoms with E-state index in [2.05, 4.69) is 52.6 Å². The van der Waals surface area contributed by atoms with Crippen molar-refractivity contribution in [2.75, 3.05) is 5.73 Å². The Labute approximate surface area is 139 Å². The van der Waals surface area contributed by atoms with E-state index in [-0.39, 0.29) is 0 Å². The zero-order valence-corrected chi connectivity index (χ0v) is 13.6. The van der Waals surface area contributed by atoms with Gasteiger partial charge in [-0.25, -0.2) is 0 Å². The third kappa shape index (κ3) is 2.31. The lowest BCUT2D eigenvalue weighted by Gasteiger charge is -2.10. The van der Waals surface area contributed by atoms with Gasteiger partial charge in [-0.1, -0.05) is 54.1 Å². The van der Waals surface area contributed by atoms with Gasteiger partial charge in [0.15, 0.2) is 5.82 Å². The maximum Gasteiger partial charge on any atom is 0.185 e. The quantitative estimate of drug-likeness (QED) is 0.612. The summed E-state index contributed by atoms with van der Waals surface area (Å²) >= 11 is 0. The van der Waals surface area contributed by atoms with Gasteiger partial charge in [-0.15, -0.1) is 10.2 Å². The first kappa shape index (κ1) is 14.4. The van der Waals surface area contributed by atoms with Gasteiger partial charge in [-0.05, 0) is 13.8 Å². The first-order valence-corrected chi connectivity index (χ1v) is 7.78. The highest BCUT2D eigenvalue weighted by Gasteiger charge is 2.14. The van der Waals surface area contributed by atoms with Crippen molar-refractivity contribution < 1.29 is 0 Å². The van der Waals surface area contributed by atoms with Crippen molar-refractivity contribution in [3.63, 3.8) is 0 Å². The number of anilines is 1. The highest BCUT2D eigenvalue weighted by molar-refractivity contribution is 5.98. The summed E-state index contributed by atoms with van der Waals surface area (Å²) in [5.74, 6) is 1.20.